The molecule has 8 heteroatoms. The minimum Gasteiger partial charge on any atom is -0.435 e. The van der Waals surface area contributed by atoms with E-state index in [0.717, 1.165) is 4.90 Å². The van der Waals surface area contributed by atoms with Gasteiger partial charge in [0, 0.05) is 18.8 Å². The molecule has 2 N–H and O–H groups in total. The van der Waals surface area contributed by atoms with Crippen LogP contribution in [0, 0.1) is 0 Å². The zero-order valence-electron chi connectivity index (χ0n) is 10.4. The summed E-state index contributed by atoms with van der Waals surface area (Å²) in [4.78, 5) is 24.1. The van der Waals surface area contributed by atoms with Crippen LogP contribution in [0.1, 0.15) is 0 Å². The number of benzene rings is 1. The van der Waals surface area contributed by atoms with Gasteiger partial charge in [-0.3, -0.25) is 9.69 Å². The molecule has 20 heavy (non-hydrogen) atoms. The quantitative estimate of drug-likeness (QED) is 0.854. The number of urea groups is 1. The van der Waals surface area contributed by atoms with Crippen LogP contribution in [-0.4, -0.2) is 43.1 Å². The second kappa shape index (κ2) is 6.18. The Bertz CT molecular complexity index is 493. The SMILES string of the molecule is O=C(CNc1ccc(OC(F)F)cc1)N1CCNC1=O. The average Bonchev–Trinajstić information content (AvgIpc) is 2.83. The smallest absolute Gasteiger partial charge is 0.387 e. The van der Waals surface area contributed by atoms with Crippen LogP contribution in [-0.2, 0) is 4.79 Å². The van der Waals surface area contributed by atoms with E-state index < -0.39 is 12.6 Å². The fraction of sp³-hybridized carbons (Fsp3) is 0.333. The van der Waals surface area contributed by atoms with E-state index in [1.54, 1.807) is 0 Å². The number of ether oxygens (including phenoxy) is 1. The molecule has 0 atom stereocenters. The Morgan fingerprint density at radius 2 is 2.10 bits per heavy atom. The highest BCUT2D eigenvalue weighted by Gasteiger charge is 2.25. The third-order valence-electron chi connectivity index (χ3n) is 2.68. The molecule has 1 aromatic carbocycles. The lowest BCUT2D eigenvalue weighted by atomic mass is 10.3. The molecule has 1 aliphatic rings. The largest absolute Gasteiger partial charge is 0.435 e. The lowest BCUT2D eigenvalue weighted by molar-refractivity contribution is -0.125. The summed E-state index contributed by atoms with van der Waals surface area (Å²) >= 11 is 0. The molecule has 0 unspecified atom stereocenters. The lowest BCUT2D eigenvalue weighted by Gasteiger charge is -2.13. The molecule has 0 aromatic heterocycles. The fourth-order valence-corrected chi connectivity index (χ4v) is 1.74. The first-order valence-corrected chi connectivity index (χ1v) is 5.93. The summed E-state index contributed by atoms with van der Waals surface area (Å²) in [6.07, 6.45) is 0. The molecule has 3 amide bonds. The Morgan fingerprint density at radius 3 is 2.65 bits per heavy atom. The summed E-state index contributed by atoms with van der Waals surface area (Å²) in [5.41, 5.74) is 0.569. The first-order chi connectivity index (χ1) is 9.56. The van der Waals surface area contributed by atoms with Crippen molar-refractivity contribution in [3.8, 4) is 5.75 Å². The number of imide groups is 1. The summed E-state index contributed by atoms with van der Waals surface area (Å²) < 4.78 is 28.1. The Hall–Kier alpha value is -2.38. The first kappa shape index (κ1) is 14.0. The maximum Gasteiger partial charge on any atom is 0.387 e. The number of anilines is 1. The Labute approximate surface area is 113 Å². The van der Waals surface area contributed by atoms with Gasteiger partial charge < -0.3 is 15.4 Å². The van der Waals surface area contributed by atoms with Gasteiger partial charge in [0.05, 0.1) is 6.54 Å². The van der Waals surface area contributed by atoms with E-state index in [9.17, 15) is 18.4 Å². The van der Waals surface area contributed by atoms with Crippen LogP contribution in [0.4, 0.5) is 19.3 Å². The zero-order chi connectivity index (χ0) is 14.5. The van der Waals surface area contributed by atoms with Crippen LogP contribution in [0.2, 0.25) is 0 Å². The third-order valence-corrected chi connectivity index (χ3v) is 2.68. The molecule has 1 heterocycles. The number of carbonyl (C=O) groups is 2. The van der Waals surface area contributed by atoms with Gasteiger partial charge in [-0.1, -0.05) is 0 Å². The van der Waals surface area contributed by atoms with E-state index in [1.807, 2.05) is 0 Å². The standard InChI is InChI=1S/C12H13F2N3O3/c13-11(14)20-9-3-1-8(2-4-9)16-7-10(18)17-6-5-15-12(17)19/h1-4,11,16H,5-7H2,(H,15,19). The molecule has 1 aliphatic heterocycles. The molecular weight excluding hydrogens is 272 g/mol. The van der Waals surface area contributed by atoms with E-state index in [2.05, 4.69) is 15.4 Å². The minimum atomic E-state index is -2.87. The second-order valence-electron chi connectivity index (χ2n) is 4.03. The van der Waals surface area contributed by atoms with Crippen LogP contribution >= 0.6 is 0 Å². The predicted molar refractivity (Wildman–Crippen MR) is 66.7 cm³/mol. The molecule has 0 bridgehead atoms. The van der Waals surface area contributed by atoms with Crippen LogP contribution < -0.4 is 15.4 Å². The number of alkyl halides is 2. The van der Waals surface area contributed by atoms with Gasteiger partial charge in [0.15, 0.2) is 0 Å². The van der Waals surface area contributed by atoms with E-state index >= 15 is 0 Å². The number of halogens is 2. The van der Waals surface area contributed by atoms with Crippen molar-refractivity contribution in [1.29, 1.82) is 0 Å². The summed E-state index contributed by atoms with van der Waals surface area (Å²) in [5.74, 6) is -0.316. The highest BCUT2D eigenvalue weighted by Crippen LogP contribution is 2.17. The number of carbonyl (C=O) groups excluding carboxylic acids is 2. The van der Waals surface area contributed by atoms with E-state index in [-0.39, 0.29) is 18.2 Å². The molecule has 0 saturated carbocycles. The maximum atomic E-state index is 12.0. The lowest BCUT2D eigenvalue weighted by Crippen LogP contribution is -2.37. The van der Waals surface area contributed by atoms with Crippen molar-refractivity contribution in [1.82, 2.24) is 10.2 Å². The molecule has 108 valence electrons. The Morgan fingerprint density at radius 1 is 1.40 bits per heavy atom. The first-order valence-electron chi connectivity index (χ1n) is 5.93. The summed E-state index contributed by atoms with van der Waals surface area (Å²) in [7, 11) is 0. The second-order valence-corrected chi connectivity index (χ2v) is 4.03. The number of nitrogens with one attached hydrogen (secondary N) is 2. The Balaban J connectivity index is 1.84. The van der Waals surface area contributed by atoms with Gasteiger partial charge in [0.1, 0.15) is 5.75 Å². The topological polar surface area (TPSA) is 70.7 Å². The third kappa shape index (κ3) is 3.56. The molecule has 1 saturated heterocycles. The minimum absolute atomic E-state index is 0.0378. The number of hydrogen-bond acceptors (Lipinski definition) is 4. The summed E-state index contributed by atoms with van der Waals surface area (Å²) in [6.45, 7) is -2.13. The molecule has 0 spiro atoms. The number of hydrogen-bond donors (Lipinski definition) is 2. The number of amides is 3. The zero-order valence-corrected chi connectivity index (χ0v) is 10.4. The van der Waals surface area contributed by atoms with Crippen LogP contribution in [0.5, 0.6) is 5.75 Å². The van der Waals surface area contributed by atoms with Crippen molar-refractivity contribution >= 4 is 17.6 Å². The summed E-state index contributed by atoms with van der Waals surface area (Å²) in [5, 5.41) is 5.33. The molecule has 0 aliphatic carbocycles. The predicted octanol–water partition coefficient (Wildman–Crippen LogP) is 1.25. The monoisotopic (exact) mass is 285 g/mol. The summed E-state index contributed by atoms with van der Waals surface area (Å²) in [6, 6.07) is 5.34. The molecule has 2 rings (SSSR count). The van der Waals surface area contributed by atoms with Crippen molar-refractivity contribution in [3.05, 3.63) is 24.3 Å². The molecule has 1 aromatic rings. The van der Waals surface area contributed by atoms with E-state index in [1.165, 1.54) is 24.3 Å². The van der Waals surface area contributed by atoms with Gasteiger partial charge in [-0.05, 0) is 24.3 Å². The van der Waals surface area contributed by atoms with Gasteiger partial charge in [-0.15, -0.1) is 0 Å². The molecular formula is C12H13F2N3O3. The number of nitrogens with zero attached hydrogens (tertiary/aromatic N) is 1. The van der Waals surface area contributed by atoms with Crippen molar-refractivity contribution in [2.45, 2.75) is 6.61 Å². The van der Waals surface area contributed by atoms with Crippen LogP contribution in [0.25, 0.3) is 0 Å². The van der Waals surface area contributed by atoms with Gasteiger partial charge in [-0.2, -0.15) is 8.78 Å². The normalized spacial score (nSPS) is 14.3. The Kier molecular flexibility index (Phi) is 4.34. The van der Waals surface area contributed by atoms with E-state index in [0.29, 0.717) is 18.8 Å². The maximum absolute atomic E-state index is 12.0. The average molecular weight is 285 g/mol. The molecule has 6 nitrogen and oxygen atoms in total. The van der Waals surface area contributed by atoms with Crippen molar-refractivity contribution in [2.24, 2.45) is 0 Å². The molecule has 1 fully saturated rings. The highest BCUT2D eigenvalue weighted by atomic mass is 19.3. The van der Waals surface area contributed by atoms with Gasteiger partial charge >= 0.3 is 12.6 Å². The fourth-order valence-electron chi connectivity index (χ4n) is 1.74. The van der Waals surface area contributed by atoms with Gasteiger partial charge in [0.2, 0.25) is 5.91 Å². The van der Waals surface area contributed by atoms with Crippen molar-refractivity contribution in [3.63, 3.8) is 0 Å². The van der Waals surface area contributed by atoms with Crippen molar-refractivity contribution < 1.29 is 23.1 Å². The van der Waals surface area contributed by atoms with Crippen LogP contribution in [0.15, 0.2) is 24.3 Å². The highest BCUT2D eigenvalue weighted by molar-refractivity contribution is 5.97. The molecule has 0 radical (unpaired) electrons. The number of rotatable bonds is 5. The van der Waals surface area contributed by atoms with Gasteiger partial charge in [-0.25, -0.2) is 4.79 Å². The van der Waals surface area contributed by atoms with Gasteiger partial charge in [0.25, 0.3) is 0 Å². The van der Waals surface area contributed by atoms with E-state index in [4.69, 9.17) is 0 Å². The van der Waals surface area contributed by atoms with Crippen LogP contribution in [0.3, 0.4) is 0 Å². The van der Waals surface area contributed by atoms with Crippen molar-refractivity contribution in [2.75, 3.05) is 25.0 Å².